The van der Waals surface area contributed by atoms with Gasteiger partial charge in [0.1, 0.15) is 18.1 Å². The second-order valence-electron chi connectivity index (χ2n) is 3.71. The van der Waals surface area contributed by atoms with Crippen molar-refractivity contribution in [2.45, 2.75) is 13.0 Å². The summed E-state index contributed by atoms with van der Waals surface area (Å²) in [6.07, 6.45) is 4.09. The summed E-state index contributed by atoms with van der Waals surface area (Å²) in [5.41, 5.74) is 2.27. The Labute approximate surface area is 105 Å². The van der Waals surface area contributed by atoms with Crippen molar-refractivity contribution in [2.24, 2.45) is 0 Å². The fourth-order valence-electron chi connectivity index (χ4n) is 1.62. The van der Waals surface area contributed by atoms with Crippen molar-refractivity contribution < 1.29 is 14.4 Å². The van der Waals surface area contributed by atoms with E-state index in [0.29, 0.717) is 23.6 Å². The quantitative estimate of drug-likeness (QED) is 0.817. The summed E-state index contributed by atoms with van der Waals surface area (Å²) in [6.45, 7) is 3.50. The Morgan fingerprint density at radius 2 is 2.33 bits per heavy atom. The zero-order valence-electron chi connectivity index (χ0n) is 10.1. The van der Waals surface area contributed by atoms with Gasteiger partial charge in [-0.05, 0) is 6.07 Å². The van der Waals surface area contributed by atoms with E-state index in [4.69, 9.17) is 14.4 Å². The van der Waals surface area contributed by atoms with Crippen LogP contribution < -0.4 is 4.74 Å². The number of aromatic nitrogens is 2. The monoisotopic (exact) mass is 246 g/mol. The van der Waals surface area contributed by atoms with Gasteiger partial charge in [0.15, 0.2) is 5.76 Å². The maximum absolute atomic E-state index is 8.97. The van der Waals surface area contributed by atoms with Crippen molar-refractivity contribution in [3.8, 4) is 17.0 Å². The summed E-state index contributed by atoms with van der Waals surface area (Å²) < 4.78 is 10.2. The predicted octanol–water partition coefficient (Wildman–Crippen LogP) is 1.97. The first-order valence-electron chi connectivity index (χ1n) is 5.49. The summed E-state index contributed by atoms with van der Waals surface area (Å²) in [5.74, 6) is 1.02. The van der Waals surface area contributed by atoms with Crippen LogP contribution in [0.15, 0.2) is 35.5 Å². The van der Waals surface area contributed by atoms with Crippen molar-refractivity contribution in [3.63, 3.8) is 0 Å². The number of nitrogens with zero attached hydrogens (tertiary/aromatic N) is 2. The second-order valence-corrected chi connectivity index (χ2v) is 3.71. The first-order chi connectivity index (χ1) is 8.78. The average molecular weight is 246 g/mol. The first kappa shape index (κ1) is 12.3. The van der Waals surface area contributed by atoms with Gasteiger partial charge in [0.25, 0.3) is 0 Å². The minimum absolute atomic E-state index is 0.181. The molecule has 0 radical (unpaired) electrons. The molecule has 0 saturated carbocycles. The molecule has 0 aliphatic heterocycles. The lowest BCUT2D eigenvalue weighted by atomic mass is 10.1. The minimum Gasteiger partial charge on any atom is -0.494 e. The third-order valence-corrected chi connectivity index (χ3v) is 2.49. The van der Waals surface area contributed by atoms with Gasteiger partial charge in [-0.3, -0.25) is 4.98 Å². The van der Waals surface area contributed by atoms with E-state index in [-0.39, 0.29) is 6.61 Å². The number of aliphatic hydroxyl groups excluding tert-OH is 1. The van der Waals surface area contributed by atoms with Gasteiger partial charge in [-0.1, -0.05) is 11.2 Å². The van der Waals surface area contributed by atoms with Crippen LogP contribution in [0, 0.1) is 0 Å². The van der Waals surface area contributed by atoms with Gasteiger partial charge in [-0.2, -0.15) is 0 Å². The van der Waals surface area contributed by atoms with Crippen LogP contribution in [0.5, 0.6) is 5.75 Å². The molecule has 0 spiro atoms. The van der Waals surface area contributed by atoms with Crippen LogP contribution in [-0.2, 0) is 13.0 Å². The number of methoxy groups -OCH3 is 1. The van der Waals surface area contributed by atoms with Crippen LogP contribution in [0.1, 0.15) is 11.5 Å². The van der Waals surface area contributed by atoms with Crippen molar-refractivity contribution >= 4 is 0 Å². The standard InChI is InChI=1S/C13H14N2O3/c1-3-4-9-5-11(13(17-2)7-14-9)12-6-10(8-16)18-15-12/h3,5-7,16H,1,4,8H2,2H3. The summed E-state index contributed by atoms with van der Waals surface area (Å²) in [5, 5.41) is 12.9. The van der Waals surface area contributed by atoms with Gasteiger partial charge < -0.3 is 14.4 Å². The van der Waals surface area contributed by atoms with Gasteiger partial charge in [-0.25, -0.2) is 0 Å². The van der Waals surface area contributed by atoms with E-state index in [2.05, 4.69) is 16.7 Å². The Kier molecular flexibility index (Phi) is 3.74. The van der Waals surface area contributed by atoms with Crippen LogP contribution in [0.4, 0.5) is 0 Å². The number of hydrogen-bond donors (Lipinski definition) is 1. The first-order valence-corrected chi connectivity index (χ1v) is 5.49. The smallest absolute Gasteiger partial charge is 0.162 e. The summed E-state index contributed by atoms with van der Waals surface area (Å²) >= 11 is 0. The van der Waals surface area contributed by atoms with E-state index in [1.165, 1.54) is 0 Å². The Bertz CT molecular complexity index is 549. The number of hydrogen-bond acceptors (Lipinski definition) is 5. The molecule has 94 valence electrons. The molecular weight excluding hydrogens is 232 g/mol. The molecule has 5 heteroatoms. The summed E-state index contributed by atoms with van der Waals surface area (Å²) in [7, 11) is 1.57. The van der Waals surface area contributed by atoms with Crippen LogP contribution in [0.25, 0.3) is 11.3 Å². The molecule has 0 aliphatic carbocycles. The van der Waals surface area contributed by atoms with E-state index in [1.807, 2.05) is 6.07 Å². The third kappa shape index (κ3) is 2.41. The van der Waals surface area contributed by atoms with E-state index in [1.54, 1.807) is 25.4 Å². The zero-order chi connectivity index (χ0) is 13.0. The molecule has 0 fully saturated rings. The van der Waals surface area contributed by atoms with Crippen LogP contribution in [-0.4, -0.2) is 22.4 Å². The molecule has 0 aromatic carbocycles. The normalized spacial score (nSPS) is 10.3. The van der Waals surface area contributed by atoms with E-state index in [0.717, 1.165) is 11.3 Å². The van der Waals surface area contributed by atoms with Crippen molar-refractivity contribution in [2.75, 3.05) is 7.11 Å². The van der Waals surface area contributed by atoms with Crippen LogP contribution in [0.2, 0.25) is 0 Å². The topological polar surface area (TPSA) is 68.4 Å². The van der Waals surface area contributed by atoms with Gasteiger partial charge in [0.05, 0.1) is 13.3 Å². The molecule has 5 nitrogen and oxygen atoms in total. The van der Waals surface area contributed by atoms with E-state index >= 15 is 0 Å². The molecule has 0 bridgehead atoms. The zero-order valence-corrected chi connectivity index (χ0v) is 10.1. The second kappa shape index (κ2) is 5.46. The maximum atomic E-state index is 8.97. The third-order valence-electron chi connectivity index (χ3n) is 2.49. The maximum Gasteiger partial charge on any atom is 0.162 e. The number of pyridine rings is 1. The molecule has 0 saturated heterocycles. The van der Waals surface area contributed by atoms with Crippen molar-refractivity contribution in [3.05, 3.63) is 42.4 Å². The Balaban J connectivity index is 2.45. The predicted molar refractivity (Wildman–Crippen MR) is 66.1 cm³/mol. The number of aliphatic hydroxyl groups is 1. The highest BCUT2D eigenvalue weighted by Crippen LogP contribution is 2.29. The van der Waals surface area contributed by atoms with E-state index < -0.39 is 0 Å². The average Bonchev–Trinajstić information content (AvgIpc) is 2.87. The number of allylic oxidation sites excluding steroid dienone is 1. The molecule has 0 aliphatic rings. The molecule has 2 rings (SSSR count). The SMILES string of the molecule is C=CCc1cc(-c2cc(CO)on2)c(OC)cn1. The summed E-state index contributed by atoms with van der Waals surface area (Å²) in [4.78, 5) is 4.25. The fraction of sp³-hybridized carbons (Fsp3) is 0.231. The molecule has 18 heavy (non-hydrogen) atoms. The Morgan fingerprint density at radius 3 is 2.94 bits per heavy atom. The van der Waals surface area contributed by atoms with Gasteiger partial charge in [0, 0.05) is 23.7 Å². The number of ether oxygens (including phenoxy) is 1. The highest BCUT2D eigenvalue weighted by atomic mass is 16.5. The largest absolute Gasteiger partial charge is 0.494 e. The molecular formula is C13H14N2O3. The fourth-order valence-corrected chi connectivity index (χ4v) is 1.62. The highest BCUT2D eigenvalue weighted by molar-refractivity contribution is 5.66. The minimum atomic E-state index is -0.181. The van der Waals surface area contributed by atoms with Crippen LogP contribution >= 0.6 is 0 Å². The molecule has 0 amide bonds. The number of rotatable bonds is 5. The molecule has 0 unspecified atom stereocenters. The van der Waals surface area contributed by atoms with E-state index in [9.17, 15) is 0 Å². The van der Waals surface area contributed by atoms with Gasteiger partial charge in [-0.15, -0.1) is 6.58 Å². The highest BCUT2D eigenvalue weighted by Gasteiger charge is 2.12. The molecule has 2 heterocycles. The molecule has 1 N–H and O–H groups in total. The lowest BCUT2D eigenvalue weighted by Crippen LogP contribution is -1.94. The van der Waals surface area contributed by atoms with Gasteiger partial charge in [0.2, 0.25) is 0 Å². The Hall–Kier alpha value is -2.14. The lowest BCUT2D eigenvalue weighted by Gasteiger charge is -2.06. The molecule has 0 atom stereocenters. The van der Waals surface area contributed by atoms with Crippen molar-refractivity contribution in [1.82, 2.24) is 10.1 Å². The van der Waals surface area contributed by atoms with Crippen molar-refractivity contribution in [1.29, 1.82) is 0 Å². The van der Waals surface area contributed by atoms with Crippen LogP contribution in [0.3, 0.4) is 0 Å². The summed E-state index contributed by atoms with van der Waals surface area (Å²) in [6, 6.07) is 3.55. The Morgan fingerprint density at radius 1 is 1.50 bits per heavy atom. The molecule has 2 aromatic heterocycles. The lowest BCUT2D eigenvalue weighted by molar-refractivity contribution is 0.229. The van der Waals surface area contributed by atoms with Gasteiger partial charge >= 0.3 is 0 Å². The molecule has 2 aromatic rings.